The summed E-state index contributed by atoms with van der Waals surface area (Å²) in [7, 11) is 0. The normalized spacial score (nSPS) is 13.5. The number of rotatable bonds is 7. The molecule has 42 heavy (non-hydrogen) atoms. The molecule has 4 aromatic carbocycles. The summed E-state index contributed by atoms with van der Waals surface area (Å²) in [4.78, 5) is 10.1. The Kier molecular flexibility index (Phi) is 11.1. The fourth-order valence-electron chi connectivity index (χ4n) is 4.57. The van der Waals surface area contributed by atoms with Crippen molar-refractivity contribution in [2.75, 3.05) is 0 Å². The molecule has 0 aliphatic rings. The summed E-state index contributed by atoms with van der Waals surface area (Å²) < 4.78 is 6.81. The summed E-state index contributed by atoms with van der Waals surface area (Å²) in [6.45, 7) is 12.9. The Bertz CT molecular complexity index is 1420. The van der Waals surface area contributed by atoms with Gasteiger partial charge in [0.15, 0.2) is 0 Å². The van der Waals surface area contributed by atoms with Crippen LogP contribution in [0.4, 0.5) is 0 Å². The fraction of sp³-hybridized carbons (Fsp3) is 0.278. The van der Waals surface area contributed by atoms with Gasteiger partial charge in [-0.1, -0.05) is 114 Å². The summed E-state index contributed by atoms with van der Waals surface area (Å²) in [5.41, 5.74) is 5.46. The van der Waals surface area contributed by atoms with E-state index in [-0.39, 0.29) is 34.4 Å². The van der Waals surface area contributed by atoms with Gasteiger partial charge in [0.25, 0.3) is 0 Å². The summed E-state index contributed by atoms with van der Waals surface area (Å²) >= 11 is 1.94. The molecular weight excluding hydrogens is 561 g/mol. The predicted octanol–water partition coefficient (Wildman–Crippen LogP) is 8.73. The quantitative estimate of drug-likeness (QED) is 0.164. The van der Waals surface area contributed by atoms with E-state index in [0.29, 0.717) is 11.1 Å². The number of benzene rings is 4. The van der Waals surface area contributed by atoms with E-state index in [9.17, 15) is 10.2 Å². The number of aromatic hydroxyl groups is 2. The molecule has 0 saturated carbocycles. The van der Waals surface area contributed by atoms with Crippen LogP contribution in [-0.4, -0.2) is 22.6 Å². The summed E-state index contributed by atoms with van der Waals surface area (Å²) in [5.74, 6) is 0.375. The second kappa shape index (κ2) is 14.3. The zero-order chi connectivity index (χ0) is 30.9. The molecule has 0 radical (unpaired) electrons. The Labute approximate surface area is 258 Å². The Morgan fingerprint density at radius 1 is 0.571 bits per heavy atom. The Hall–Kier alpha value is -3.95. The topological polar surface area (TPSA) is 89.0 Å². The van der Waals surface area contributed by atoms with E-state index in [1.165, 1.54) is 0 Å². The van der Waals surface area contributed by atoms with Gasteiger partial charge >= 0.3 is 19.8 Å². The molecule has 4 aromatic rings. The molecule has 4 rings (SSSR count). The molecule has 0 unspecified atom stereocenters. The average molecular weight is 602 g/mol. The molecular formula is C36H40MnN3O2. The van der Waals surface area contributed by atoms with Gasteiger partial charge in [0.05, 0.1) is 0 Å². The number of hydrogen-bond donors (Lipinski definition) is 2. The van der Waals surface area contributed by atoms with Gasteiger partial charge in [-0.05, 0) is 57.3 Å². The molecule has 2 atom stereocenters. The summed E-state index contributed by atoms with van der Waals surface area (Å²) in [6, 6.07) is 30.8. The monoisotopic (exact) mass is 601 g/mol. The van der Waals surface area contributed by atoms with Crippen LogP contribution in [0.5, 0.6) is 11.5 Å². The standard InChI is InChI=1S/C36H40N2O2.Mn.N/c1-35(2,3)29-17-19-31(39)27(21-29)23-37-33(25-13-9-7-10-14-25)34(26-15-11-8-12-16-26)38-24-28-22-30(36(4,5)6)18-20-32(28)40;;/h7-24,33-34,39-40H,1-6H3;;/t33-,34-;;/m1../s1. The molecule has 0 heterocycles. The number of phenols is 2. The predicted molar refractivity (Wildman–Crippen MR) is 169 cm³/mol. The van der Waals surface area contributed by atoms with Crippen molar-refractivity contribution in [3.8, 4) is 11.5 Å². The number of hydrogen-bond acceptors (Lipinski definition) is 5. The number of phenolic OH excluding ortho intramolecular Hbond substituents is 2. The summed E-state index contributed by atoms with van der Waals surface area (Å²) in [5, 5.41) is 21.3. The van der Waals surface area contributed by atoms with Gasteiger partial charge in [0, 0.05) is 23.6 Å². The van der Waals surface area contributed by atoms with Crippen molar-refractivity contribution in [1.82, 2.24) is 0 Å². The first kappa shape index (κ1) is 32.6. The van der Waals surface area contributed by atoms with Gasteiger partial charge in [0.1, 0.15) is 23.6 Å². The summed E-state index contributed by atoms with van der Waals surface area (Å²) in [6.07, 6.45) is 3.51. The zero-order valence-electron chi connectivity index (χ0n) is 25.2. The average Bonchev–Trinajstić information content (AvgIpc) is 2.97. The van der Waals surface area contributed by atoms with Gasteiger partial charge in [-0.15, -0.1) is 0 Å². The van der Waals surface area contributed by atoms with E-state index in [1.54, 1.807) is 24.6 Å². The van der Waals surface area contributed by atoms with Crippen LogP contribution in [0.15, 0.2) is 107 Å². The van der Waals surface area contributed by atoms with Crippen LogP contribution in [0.3, 0.4) is 0 Å². The van der Waals surface area contributed by atoms with E-state index in [2.05, 4.69) is 65.8 Å². The van der Waals surface area contributed by atoms with Crippen LogP contribution < -0.4 is 0 Å². The first-order valence-corrected chi connectivity index (χ1v) is 14.5. The second-order valence-electron chi connectivity index (χ2n) is 12.3. The van der Waals surface area contributed by atoms with Crippen LogP contribution in [0.1, 0.15) is 87.0 Å². The minimum absolute atomic E-state index is 0.0599. The third-order valence-electron chi connectivity index (χ3n) is 7.12. The first-order chi connectivity index (χ1) is 19.9. The Morgan fingerprint density at radius 3 is 1.21 bits per heavy atom. The molecule has 218 valence electrons. The third-order valence-corrected chi connectivity index (χ3v) is 7.12. The molecule has 5 nitrogen and oxygen atoms in total. The maximum atomic E-state index is 10.7. The molecule has 2 N–H and O–H groups in total. The van der Waals surface area contributed by atoms with Gasteiger partial charge in [-0.25, -0.2) is 0 Å². The minimum atomic E-state index is -0.370. The molecule has 0 aliphatic heterocycles. The maximum absolute atomic E-state index is 10.7. The molecule has 0 saturated heterocycles. The van der Waals surface area contributed by atoms with Gasteiger partial charge in [0.2, 0.25) is 0 Å². The van der Waals surface area contributed by atoms with Gasteiger partial charge < -0.3 is 10.2 Å². The zero-order valence-corrected chi connectivity index (χ0v) is 26.3. The van der Waals surface area contributed by atoms with Crippen molar-refractivity contribution in [2.24, 2.45) is 9.98 Å². The van der Waals surface area contributed by atoms with Crippen LogP contribution in [-0.2, 0) is 26.5 Å². The molecule has 0 fully saturated rings. The SMILES string of the molecule is CC(C)(C)c1ccc(O)c(C=N[C@H](c2ccccc2)[C@H](N=Cc2cc(C(C)(C)C)ccc2O)c2ccccc2)c1.[N]#[Mn]. The van der Waals surface area contributed by atoms with Gasteiger partial charge in [-0.2, -0.15) is 0 Å². The number of nitrogens with zero attached hydrogens (tertiary/aromatic N) is 3. The van der Waals surface area contributed by atoms with E-state index < -0.39 is 0 Å². The van der Waals surface area contributed by atoms with Crippen LogP contribution >= 0.6 is 0 Å². The van der Waals surface area contributed by atoms with Crippen LogP contribution in [0, 0.1) is 4.20 Å². The Morgan fingerprint density at radius 2 is 0.905 bits per heavy atom. The molecule has 0 amide bonds. The van der Waals surface area contributed by atoms with E-state index in [0.717, 1.165) is 22.3 Å². The van der Waals surface area contributed by atoms with Crippen LogP contribution in [0.2, 0.25) is 0 Å². The van der Waals surface area contributed by atoms with Crippen molar-refractivity contribution in [3.05, 3.63) is 130 Å². The number of aliphatic imine (C=N–C) groups is 2. The van der Waals surface area contributed by atoms with Crippen LogP contribution in [0.25, 0.3) is 0 Å². The third kappa shape index (κ3) is 8.53. The van der Waals surface area contributed by atoms with Crippen molar-refractivity contribution < 1.29 is 25.9 Å². The van der Waals surface area contributed by atoms with Crippen molar-refractivity contribution in [3.63, 3.8) is 0 Å². The molecule has 0 spiro atoms. The van der Waals surface area contributed by atoms with E-state index in [4.69, 9.17) is 14.2 Å². The molecule has 0 aliphatic carbocycles. The fourth-order valence-corrected chi connectivity index (χ4v) is 4.57. The molecule has 0 aromatic heterocycles. The van der Waals surface area contributed by atoms with Gasteiger partial charge in [-0.3, -0.25) is 9.98 Å². The van der Waals surface area contributed by atoms with Crippen molar-refractivity contribution in [1.29, 1.82) is 4.20 Å². The second-order valence-corrected chi connectivity index (χ2v) is 12.3. The Balaban J connectivity index is 0.00000237. The van der Waals surface area contributed by atoms with E-state index >= 15 is 0 Å². The van der Waals surface area contributed by atoms with E-state index in [1.807, 2.05) is 76.3 Å². The van der Waals surface area contributed by atoms with Crippen molar-refractivity contribution >= 4 is 12.4 Å². The molecule has 6 heteroatoms. The first-order valence-electron chi connectivity index (χ1n) is 13.9. The van der Waals surface area contributed by atoms with Crippen molar-refractivity contribution in [2.45, 2.75) is 64.5 Å². The molecule has 0 bridgehead atoms.